The minimum Gasteiger partial charge on any atom is -0.386 e. The molecule has 2 aliphatic carbocycles. The number of benzene rings is 2. The van der Waals surface area contributed by atoms with Crippen LogP contribution in [0.25, 0.3) is 44.6 Å². The highest BCUT2D eigenvalue weighted by Gasteiger charge is 2.35. The summed E-state index contributed by atoms with van der Waals surface area (Å²) in [5, 5.41) is 22.8. The van der Waals surface area contributed by atoms with Gasteiger partial charge >= 0.3 is 0 Å². The Kier molecular flexibility index (Phi) is 7.59. The lowest BCUT2D eigenvalue weighted by atomic mass is 10.0. The molecule has 3 fully saturated rings. The largest absolute Gasteiger partial charge is 0.386 e. The van der Waals surface area contributed by atoms with E-state index in [4.69, 9.17) is 24.9 Å². The summed E-state index contributed by atoms with van der Waals surface area (Å²) in [6, 6.07) is 18.4. The maximum Gasteiger partial charge on any atom is 0.181 e. The highest BCUT2D eigenvalue weighted by Crippen LogP contribution is 2.49. The minimum absolute atomic E-state index is 0.387. The van der Waals surface area contributed by atoms with Crippen molar-refractivity contribution in [2.45, 2.75) is 63.1 Å². The predicted molar refractivity (Wildman–Crippen MR) is 186 cm³/mol. The van der Waals surface area contributed by atoms with E-state index in [1.165, 1.54) is 18.5 Å². The number of hydrogen-bond donors (Lipinski definition) is 1. The van der Waals surface area contributed by atoms with Crippen LogP contribution < -0.4 is 0 Å². The third-order valence-corrected chi connectivity index (χ3v) is 10.2. The van der Waals surface area contributed by atoms with Crippen LogP contribution in [-0.2, 0) is 24.9 Å². The van der Waals surface area contributed by atoms with Crippen LogP contribution in [0.5, 0.6) is 0 Å². The summed E-state index contributed by atoms with van der Waals surface area (Å²) in [7, 11) is 2.18. The van der Waals surface area contributed by atoms with Crippen LogP contribution in [0.1, 0.15) is 67.0 Å². The highest BCUT2D eigenvalue weighted by molar-refractivity contribution is 5.95. The second-order valence-corrected chi connectivity index (χ2v) is 13.8. The van der Waals surface area contributed by atoms with Gasteiger partial charge in [0.1, 0.15) is 5.82 Å². The van der Waals surface area contributed by atoms with Gasteiger partial charge in [0, 0.05) is 85.0 Å². The standard InChI is InChI=1S/C38H42N8O2/c1-43-36(27-13-14-27)35(29-9-5-10-32-31(29)23-46(41-32)24-33(47)25-7-3-2-4-8-25)40-38(43)30-21-28-22-45(16-6-15-44-17-19-48-20-18-44)42-37(28)39-34(30)26-11-12-26/h2-5,7-10,21-23,26-27,33,47H,6,11-20,24H2,1H3/t33-/m0/s1. The van der Waals surface area contributed by atoms with Crippen LogP contribution in [0.2, 0.25) is 0 Å². The molecule has 5 heterocycles. The zero-order valence-electron chi connectivity index (χ0n) is 27.5. The van der Waals surface area contributed by atoms with E-state index < -0.39 is 6.10 Å². The Morgan fingerprint density at radius 3 is 2.46 bits per heavy atom. The van der Waals surface area contributed by atoms with Crippen LogP contribution in [0.15, 0.2) is 67.0 Å². The van der Waals surface area contributed by atoms with E-state index in [2.05, 4.69) is 51.8 Å². The van der Waals surface area contributed by atoms with Crippen molar-refractivity contribution in [1.29, 1.82) is 0 Å². The first kappa shape index (κ1) is 29.7. The van der Waals surface area contributed by atoms with E-state index in [0.717, 1.165) is 114 Å². The summed E-state index contributed by atoms with van der Waals surface area (Å²) in [4.78, 5) is 13.1. The molecule has 9 rings (SSSR count). The average molecular weight is 643 g/mol. The SMILES string of the molecule is Cn1c(-c2cc3cn(CCCN4CCOCC4)nc3nc2C2CC2)nc(-c2cccc3nn(C[C@H](O)c4ccccc4)cc23)c1C1CC1. The van der Waals surface area contributed by atoms with E-state index >= 15 is 0 Å². The maximum atomic E-state index is 10.9. The first-order valence-corrected chi connectivity index (χ1v) is 17.5. The number of imidazole rings is 1. The van der Waals surface area contributed by atoms with Gasteiger partial charge in [-0.1, -0.05) is 42.5 Å². The van der Waals surface area contributed by atoms with Crippen LogP contribution in [0.4, 0.5) is 0 Å². The van der Waals surface area contributed by atoms with Gasteiger partial charge in [-0.15, -0.1) is 0 Å². The van der Waals surface area contributed by atoms with Crippen molar-refractivity contribution in [1.82, 2.24) is 39.0 Å². The molecule has 1 aliphatic heterocycles. The van der Waals surface area contributed by atoms with E-state index in [-0.39, 0.29) is 0 Å². The summed E-state index contributed by atoms with van der Waals surface area (Å²) >= 11 is 0. The fourth-order valence-electron chi connectivity index (χ4n) is 7.39. The highest BCUT2D eigenvalue weighted by atomic mass is 16.5. The molecule has 1 atom stereocenters. The molecule has 0 unspecified atom stereocenters. The fraction of sp³-hybridized carbons (Fsp3) is 0.421. The van der Waals surface area contributed by atoms with Crippen molar-refractivity contribution in [3.8, 4) is 22.6 Å². The van der Waals surface area contributed by atoms with E-state index in [9.17, 15) is 5.11 Å². The first-order valence-electron chi connectivity index (χ1n) is 17.5. The molecular weight excluding hydrogens is 600 g/mol. The summed E-state index contributed by atoms with van der Waals surface area (Å²) in [6.45, 7) is 6.01. The summed E-state index contributed by atoms with van der Waals surface area (Å²) < 4.78 is 11.8. The fourth-order valence-corrected chi connectivity index (χ4v) is 7.39. The summed E-state index contributed by atoms with van der Waals surface area (Å²) in [6.07, 6.45) is 9.31. The zero-order valence-corrected chi connectivity index (χ0v) is 27.5. The smallest absolute Gasteiger partial charge is 0.181 e. The number of rotatable bonds is 11. The van der Waals surface area contributed by atoms with Crippen LogP contribution in [-0.4, -0.2) is 77.0 Å². The number of ether oxygens (including phenoxy) is 1. The lowest BCUT2D eigenvalue weighted by Crippen LogP contribution is -2.37. The lowest BCUT2D eigenvalue weighted by Gasteiger charge is -2.26. The van der Waals surface area contributed by atoms with E-state index in [1.54, 1.807) is 0 Å². The molecule has 48 heavy (non-hydrogen) atoms. The number of aliphatic hydroxyl groups excluding tert-OH is 1. The number of nitrogens with zero attached hydrogens (tertiary/aromatic N) is 8. The molecule has 4 aromatic heterocycles. The number of morpholine rings is 1. The van der Waals surface area contributed by atoms with Gasteiger partial charge in [-0.25, -0.2) is 9.97 Å². The van der Waals surface area contributed by atoms with Crippen molar-refractivity contribution in [2.75, 3.05) is 32.8 Å². The van der Waals surface area contributed by atoms with Gasteiger partial charge in [0.05, 0.1) is 42.8 Å². The summed E-state index contributed by atoms with van der Waals surface area (Å²) in [5.74, 6) is 1.93. The van der Waals surface area contributed by atoms with Crippen LogP contribution in [0, 0.1) is 0 Å². The molecule has 0 bridgehead atoms. The first-order chi connectivity index (χ1) is 23.6. The van der Waals surface area contributed by atoms with E-state index in [1.807, 2.05) is 41.1 Å². The monoisotopic (exact) mass is 642 g/mol. The number of pyridine rings is 1. The predicted octanol–water partition coefficient (Wildman–Crippen LogP) is 6.06. The Balaban J connectivity index is 1.06. The van der Waals surface area contributed by atoms with Gasteiger partial charge in [-0.05, 0) is 49.8 Å². The Labute approximate surface area is 280 Å². The molecule has 1 N–H and O–H groups in total. The number of aromatic nitrogens is 7. The molecular formula is C38H42N8O2. The lowest BCUT2D eigenvalue weighted by molar-refractivity contribution is 0.0368. The second kappa shape index (κ2) is 12.3. The molecule has 10 nitrogen and oxygen atoms in total. The van der Waals surface area contributed by atoms with E-state index in [0.29, 0.717) is 18.4 Å². The average Bonchev–Trinajstić information content (AvgIpc) is 4.03. The quantitative estimate of drug-likeness (QED) is 0.184. The molecule has 2 saturated carbocycles. The van der Waals surface area contributed by atoms with Crippen LogP contribution >= 0.6 is 0 Å². The Bertz CT molecular complexity index is 2080. The Morgan fingerprint density at radius 1 is 0.854 bits per heavy atom. The van der Waals surface area contributed by atoms with Crippen molar-refractivity contribution < 1.29 is 9.84 Å². The third kappa shape index (κ3) is 5.71. The van der Waals surface area contributed by atoms with Crippen molar-refractivity contribution in [2.24, 2.45) is 7.05 Å². The summed E-state index contributed by atoms with van der Waals surface area (Å²) in [5.41, 5.74) is 8.29. The maximum absolute atomic E-state index is 10.9. The van der Waals surface area contributed by atoms with Crippen molar-refractivity contribution in [3.05, 3.63) is 83.9 Å². The number of aryl methyl sites for hydroxylation is 1. The molecule has 1 saturated heterocycles. The molecule has 3 aliphatic rings. The Morgan fingerprint density at radius 2 is 1.67 bits per heavy atom. The van der Waals surface area contributed by atoms with Gasteiger partial charge in [-0.3, -0.25) is 14.3 Å². The van der Waals surface area contributed by atoms with Gasteiger partial charge in [0.25, 0.3) is 0 Å². The van der Waals surface area contributed by atoms with Gasteiger partial charge in [0.15, 0.2) is 5.65 Å². The zero-order chi connectivity index (χ0) is 32.2. The van der Waals surface area contributed by atoms with Gasteiger partial charge < -0.3 is 14.4 Å². The molecule has 2 aromatic carbocycles. The molecule has 0 spiro atoms. The third-order valence-electron chi connectivity index (χ3n) is 10.2. The normalized spacial score (nSPS) is 17.9. The molecule has 246 valence electrons. The topological polar surface area (TPSA) is 99.0 Å². The van der Waals surface area contributed by atoms with Crippen LogP contribution in [0.3, 0.4) is 0 Å². The minimum atomic E-state index is -0.634. The molecule has 6 aromatic rings. The molecule has 0 amide bonds. The number of aliphatic hydroxyl groups is 1. The van der Waals surface area contributed by atoms with Gasteiger partial charge in [-0.2, -0.15) is 10.2 Å². The van der Waals surface area contributed by atoms with Crippen molar-refractivity contribution >= 4 is 21.9 Å². The molecule has 0 radical (unpaired) electrons. The van der Waals surface area contributed by atoms with Gasteiger partial charge in [0.2, 0.25) is 0 Å². The van der Waals surface area contributed by atoms with Crippen molar-refractivity contribution in [3.63, 3.8) is 0 Å². The Hall–Kier alpha value is -4.38. The second-order valence-electron chi connectivity index (χ2n) is 13.8. The molecule has 10 heteroatoms. The number of hydrogen-bond acceptors (Lipinski definition) is 7. The number of fused-ring (bicyclic) bond motifs is 2.